The Kier molecular flexibility index (Phi) is 5.31. The Morgan fingerprint density at radius 1 is 1.00 bits per heavy atom. The van der Waals surface area contributed by atoms with Gasteiger partial charge >= 0.3 is 0 Å². The Balaban J connectivity index is 2.04. The van der Waals surface area contributed by atoms with Crippen molar-refractivity contribution >= 4 is 22.1 Å². The molecule has 0 radical (unpaired) electrons. The zero-order valence-electron chi connectivity index (χ0n) is 14.6. The summed E-state index contributed by atoms with van der Waals surface area (Å²) in [6, 6.07) is 21.4. The van der Waals surface area contributed by atoms with E-state index in [1.807, 2.05) is 85.7 Å². The molecule has 2 aromatic carbocycles. The lowest BCUT2D eigenvalue weighted by Gasteiger charge is -2.14. The van der Waals surface area contributed by atoms with Gasteiger partial charge in [0.25, 0.3) is 0 Å². The van der Waals surface area contributed by atoms with E-state index in [2.05, 4.69) is 0 Å². The number of methoxy groups -OCH3 is 1. The Hall–Kier alpha value is -2.43. The van der Waals surface area contributed by atoms with E-state index in [0.29, 0.717) is 11.1 Å². The molecule has 0 N–H and O–H groups in total. The van der Waals surface area contributed by atoms with Crippen molar-refractivity contribution in [3.63, 3.8) is 0 Å². The zero-order chi connectivity index (χ0) is 17.8. The molecule has 0 amide bonds. The molecular formula is C21H21NO2S. The smallest absolute Gasteiger partial charge is 0.196 e. The molecule has 25 heavy (non-hydrogen) atoms. The fraction of sp³-hybridized carbons (Fsp3) is 0.190. The van der Waals surface area contributed by atoms with Crippen LogP contribution in [-0.2, 0) is 4.74 Å². The van der Waals surface area contributed by atoms with Crippen LogP contribution in [0.4, 0.5) is 5.00 Å². The monoisotopic (exact) mass is 351 g/mol. The maximum absolute atomic E-state index is 13.0. The van der Waals surface area contributed by atoms with E-state index in [1.54, 1.807) is 18.4 Å². The Morgan fingerprint density at radius 2 is 1.60 bits per heavy atom. The van der Waals surface area contributed by atoms with Gasteiger partial charge in [0.1, 0.15) is 11.1 Å². The van der Waals surface area contributed by atoms with Crippen molar-refractivity contribution in [1.29, 1.82) is 0 Å². The summed E-state index contributed by atoms with van der Waals surface area (Å²) in [6.07, 6.45) is -0.178. The summed E-state index contributed by atoms with van der Waals surface area (Å²) in [5, 5.41) is 0.946. The summed E-state index contributed by atoms with van der Waals surface area (Å²) in [6.45, 7) is 0. The molecule has 0 aliphatic heterocycles. The molecule has 128 valence electrons. The van der Waals surface area contributed by atoms with Crippen LogP contribution in [0.2, 0.25) is 0 Å². The fourth-order valence-corrected chi connectivity index (χ4v) is 4.00. The van der Waals surface area contributed by atoms with Crippen LogP contribution >= 0.6 is 11.3 Å². The molecule has 0 saturated heterocycles. The molecule has 0 saturated carbocycles. The summed E-state index contributed by atoms with van der Waals surface area (Å²) < 4.78 is 5.74. The number of hydrogen-bond acceptors (Lipinski definition) is 4. The predicted octanol–water partition coefficient (Wildman–Crippen LogP) is 4.78. The lowest BCUT2D eigenvalue weighted by atomic mass is 10.0. The number of carbonyl (C=O) groups is 1. The Bertz CT molecular complexity index is 841. The summed E-state index contributed by atoms with van der Waals surface area (Å²) in [5.74, 6) is 0.0368. The van der Waals surface area contributed by atoms with Crippen molar-refractivity contribution < 1.29 is 9.53 Å². The molecule has 0 spiro atoms. The van der Waals surface area contributed by atoms with Gasteiger partial charge < -0.3 is 9.64 Å². The molecule has 1 unspecified atom stereocenters. The number of ether oxygens (including phenoxy) is 1. The van der Waals surface area contributed by atoms with Gasteiger partial charge in [0.15, 0.2) is 5.78 Å². The number of ketones is 1. The van der Waals surface area contributed by atoms with E-state index < -0.39 is 0 Å². The van der Waals surface area contributed by atoms with E-state index in [-0.39, 0.29) is 11.9 Å². The number of hydrogen-bond donors (Lipinski definition) is 0. The second-order valence-electron chi connectivity index (χ2n) is 5.98. The molecule has 0 aliphatic carbocycles. The molecule has 3 aromatic rings. The van der Waals surface area contributed by atoms with E-state index in [4.69, 9.17) is 4.74 Å². The summed E-state index contributed by atoms with van der Waals surface area (Å²) in [7, 11) is 5.62. The maximum Gasteiger partial charge on any atom is 0.196 e. The number of thiophene rings is 1. The van der Waals surface area contributed by atoms with Gasteiger partial charge in [0.05, 0.1) is 5.56 Å². The van der Waals surface area contributed by atoms with Crippen LogP contribution in [0, 0.1) is 0 Å². The summed E-state index contributed by atoms with van der Waals surface area (Å²) in [5.41, 5.74) is 2.49. The van der Waals surface area contributed by atoms with Gasteiger partial charge in [-0.1, -0.05) is 60.7 Å². The minimum atomic E-state index is -0.178. The third kappa shape index (κ3) is 3.65. The third-order valence-electron chi connectivity index (χ3n) is 4.01. The van der Waals surface area contributed by atoms with Crippen LogP contribution < -0.4 is 4.90 Å². The van der Waals surface area contributed by atoms with Gasteiger partial charge in [-0.25, -0.2) is 0 Å². The van der Waals surface area contributed by atoms with Crippen molar-refractivity contribution in [3.8, 4) is 0 Å². The van der Waals surface area contributed by atoms with E-state index in [1.165, 1.54) is 0 Å². The first-order valence-electron chi connectivity index (χ1n) is 8.10. The summed E-state index contributed by atoms with van der Waals surface area (Å²) in [4.78, 5) is 16.0. The fourth-order valence-electron chi connectivity index (χ4n) is 2.81. The highest BCUT2D eigenvalue weighted by Gasteiger charge is 2.23. The summed E-state index contributed by atoms with van der Waals surface area (Å²) >= 11 is 1.60. The quantitative estimate of drug-likeness (QED) is 0.599. The molecule has 3 rings (SSSR count). The van der Waals surface area contributed by atoms with Crippen LogP contribution in [0.5, 0.6) is 0 Å². The first-order chi connectivity index (χ1) is 12.1. The lowest BCUT2D eigenvalue weighted by Crippen LogP contribution is -2.11. The molecular weight excluding hydrogens is 330 g/mol. The standard InChI is InChI=1S/C21H21NO2S/c1-22(2)21-17(19(23)15-10-6-4-7-11-15)14-18(25-21)20(24-3)16-12-8-5-9-13-16/h4-14,20H,1-3H3. The number of benzene rings is 2. The van der Waals surface area contributed by atoms with Gasteiger partial charge in [0, 0.05) is 31.6 Å². The van der Waals surface area contributed by atoms with E-state index in [0.717, 1.165) is 15.4 Å². The Labute approximate surface area is 152 Å². The highest BCUT2D eigenvalue weighted by atomic mass is 32.1. The number of nitrogens with zero attached hydrogens (tertiary/aromatic N) is 1. The molecule has 0 aliphatic rings. The SMILES string of the molecule is COC(c1ccccc1)c1cc(C(=O)c2ccccc2)c(N(C)C)s1. The first-order valence-corrected chi connectivity index (χ1v) is 8.92. The largest absolute Gasteiger partial charge is 0.371 e. The highest BCUT2D eigenvalue weighted by Crippen LogP contribution is 2.38. The van der Waals surface area contributed by atoms with E-state index in [9.17, 15) is 4.79 Å². The Morgan fingerprint density at radius 3 is 2.16 bits per heavy atom. The van der Waals surface area contributed by atoms with Gasteiger partial charge in [0.2, 0.25) is 0 Å². The van der Waals surface area contributed by atoms with Crippen molar-refractivity contribution in [2.75, 3.05) is 26.1 Å². The van der Waals surface area contributed by atoms with Crippen LogP contribution in [0.1, 0.15) is 32.5 Å². The van der Waals surface area contributed by atoms with Gasteiger partial charge in [-0.3, -0.25) is 4.79 Å². The molecule has 4 heteroatoms. The first kappa shape index (κ1) is 17.4. The predicted molar refractivity (Wildman–Crippen MR) is 104 cm³/mol. The topological polar surface area (TPSA) is 29.5 Å². The van der Waals surface area contributed by atoms with Crippen LogP contribution in [-0.4, -0.2) is 27.0 Å². The average Bonchev–Trinajstić information content (AvgIpc) is 3.09. The molecule has 1 atom stereocenters. The molecule has 3 nitrogen and oxygen atoms in total. The van der Waals surface area contributed by atoms with Crippen molar-refractivity contribution in [2.45, 2.75) is 6.10 Å². The third-order valence-corrected chi connectivity index (χ3v) is 5.36. The molecule has 1 aromatic heterocycles. The van der Waals surface area contributed by atoms with Crippen molar-refractivity contribution in [1.82, 2.24) is 0 Å². The van der Waals surface area contributed by atoms with Crippen LogP contribution in [0.25, 0.3) is 0 Å². The van der Waals surface area contributed by atoms with Gasteiger partial charge in [-0.15, -0.1) is 11.3 Å². The van der Waals surface area contributed by atoms with Crippen LogP contribution in [0.3, 0.4) is 0 Å². The second-order valence-corrected chi connectivity index (χ2v) is 7.05. The zero-order valence-corrected chi connectivity index (χ0v) is 15.4. The minimum absolute atomic E-state index is 0.0368. The maximum atomic E-state index is 13.0. The molecule has 0 bridgehead atoms. The lowest BCUT2D eigenvalue weighted by molar-refractivity contribution is 0.103. The van der Waals surface area contributed by atoms with Crippen molar-refractivity contribution in [2.24, 2.45) is 0 Å². The van der Waals surface area contributed by atoms with Gasteiger partial charge in [-0.05, 0) is 11.6 Å². The van der Waals surface area contributed by atoms with Crippen LogP contribution in [0.15, 0.2) is 66.7 Å². The molecule has 0 fully saturated rings. The molecule has 1 heterocycles. The average molecular weight is 351 g/mol. The second kappa shape index (κ2) is 7.64. The normalized spacial score (nSPS) is 12.0. The number of anilines is 1. The van der Waals surface area contributed by atoms with Gasteiger partial charge in [-0.2, -0.15) is 0 Å². The highest BCUT2D eigenvalue weighted by molar-refractivity contribution is 7.16. The minimum Gasteiger partial charge on any atom is -0.371 e. The number of carbonyl (C=O) groups excluding carboxylic acids is 1. The number of rotatable bonds is 6. The van der Waals surface area contributed by atoms with E-state index >= 15 is 0 Å². The van der Waals surface area contributed by atoms with Crippen molar-refractivity contribution in [3.05, 3.63) is 88.3 Å².